The van der Waals surface area contributed by atoms with Gasteiger partial charge in [-0.2, -0.15) is 0 Å². The van der Waals surface area contributed by atoms with Gasteiger partial charge in [0.2, 0.25) is 5.91 Å². The van der Waals surface area contributed by atoms with E-state index in [1.165, 1.54) is 6.26 Å². The van der Waals surface area contributed by atoms with Gasteiger partial charge in [-0.05, 0) is 58.0 Å². The number of aliphatic hydroxyl groups is 1. The standard InChI is InChI=1S/C16H26N2O3/c1-3-8-18-9-6-13(7-10-18)15(19)17-12-16(2,20)14-5-4-11-21-14/h4-5,11,13,20H,3,6-10,12H2,1-2H3,(H,17,19). The Morgan fingerprint density at radius 3 is 2.81 bits per heavy atom. The van der Waals surface area contributed by atoms with E-state index in [1.807, 2.05) is 0 Å². The van der Waals surface area contributed by atoms with Crippen molar-refractivity contribution in [3.05, 3.63) is 24.2 Å². The van der Waals surface area contributed by atoms with Crippen LogP contribution in [-0.4, -0.2) is 42.1 Å². The third-order valence-electron chi connectivity index (χ3n) is 4.16. The lowest BCUT2D eigenvalue weighted by molar-refractivity contribution is -0.127. The first kappa shape index (κ1) is 16.0. The predicted molar refractivity (Wildman–Crippen MR) is 80.7 cm³/mol. The minimum atomic E-state index is -1.16. The first-order chi connectivity index (χ1) is 10.0. The molecule has 1 atom stereocenters. The molecule has 1 fully saturated rings. The fourth-order valence-corrected chi connectivity index (χ4v) is 2.81. The number of nitrogens with zero attached hydrogens (tertiary/aromatic N) is 1. The van der Waals surface area contributed by atoms with Gasteiger partial charge in [0, 0.05) is 5.92 Å². The molecule has 0 radical (unpaired) electrons. The Balaban J connectivity index is 1.78. The van der Waals surface area contributed by atoms with Crippen molar-refractivity contribution in [2.75, 3.05) is 26.2 Å². The molecule has 21 heavy (non-hydrogen) atoms. The van der Waals surface area contributed by atoms with Crippen LogP contribution in [0.5, 0.6) is 0 Å². The van der Waals surface area contributed by atoms with E-state index in [-0.39, 0.29) is 18.4 Å². The van der Waals surface area contributed by atoms with Crippen molar-refractivity contribution in [3.8, 4) is 0 Å². The average Bonchev–Trinajstić information content (AvgIpc) is 3.01. The van der Waals surface area contributed by atoms with Gasteiger partial charge in [0.25, 0.3) is 0 Å². The van der Waals surface area contributed by atoms with Gasteiger partial charge in [-0.15, -0.1) is 0 Å². The Hall–Kier alpha value is -1.33. The van der Waals surface area contributed by atoms with Crippen molar-refractivity contribution in [1.29, 1.82) is 0 Å². The molecule has 2 rings (SSSR count). The van der Waals surface area contributed by atoms with Crippen LogP contribution >= 0.6 is 0 Å². The van der Waals surface area contributed by atoms with E-state index in [4.69, 9.17) is 4.42 Å². The van der Waals surface area contributed by atoms with Crippen molar-refractivity contribution in [3.63, 3.8) is 0 Å². The fraction of sp³-hybridized carbons (Fsp3) is 0.688. The Morgan fingerprint density at radius 1 is 1.52 bits per heavy atom. The van der Waals surface area contributed by atoms with Crippen LogP contribution in [0.3, 0.4) is 0 Å². The summed E-state index contributed by atoms with van der Waals surface area (Å²) in [4.78, 5) is 14.6. The molecule has 2 N–H and O–H groups in total. The summed E-state index contributed by atoms with van der Waals surface area (Å²) < 4.78 is 5.21. The van der Waals surface area contributed by atoms with Gasteiger partial charge >= 0.3 is 0 Å². The maximum atomic E-state index is 12.2. The molecular formula is C16H26N2O3. The largest absolute Gasteiger partial charge is 0.466 e. The van der Waals surface area contributed by atoms with E-state index in [0.29, 0.717) is 5.76 Å². The van der Waals surface area contributed by atoms with E-state index < -0.39 is 5.60 Å². The summed E-state index contributed by atoms with van der Waals surface area (Å²) in [6.45, 7) is 7.09. The Kier molecular flexibility index (Phi) is 5.42. The summed E-state index contributed by atoms with van der Waals surface area (Å²) in [6, 6.07) is 3.45. The maximum Gasteiger partial charge on any atom is 0.223 e. The highest BCUT2D eigenvalue weighted by molar-refractivity contribution is 5.78. The van der Waals surface area contributed by atoms with Gasteiger partial charge in [0.15, 0.2) is 0 Å². The second kappa shape index (κ2) is 7.09. The molecule has 1 aliphatic heterocycles. The Labute approximate surface area is 126 Å². The number of furan rings is 1. The van der Waals surface area contributed by atoms with Gasteiger partial charge in [0.05, 0.1) is 12.8 Å². The van der Waals surface area contributed by atoms with E-state index in [2.05, 4.69) is 17.1 Å². The topological polar surface area (TPSA) is 65.7 Å². The van der Waals surface area contributed by atoms with Gasteiger partial charge in [0.1, 0.15) is 11.4 Å². The predicted octanol–water partition coefficient (Wildman–Crippen LogP) is 1.73. The molecule has 0 aliphatic carbocycles. The van der Waals surface area contributed by atoms with Crippen LogP contribution < -0.4 is 5.32 Å². The maximum absolute atomic E-state index is 12.2. The minimum absolute atomic E-state index is 0.0398. The third-order valence-corrected chi connectivity index (χ3v) is 4.16. The highest BCUT2D eigenvalue weighted by Gasteiger charge is 2.29. The zero-order chi connectivity index (χ0) is 15.3. The number of rotatable bonds is 6. The van der Waals surface area contributed by atoms with Crippen molar-refractivity contribution in [2.24, 2.45) is 5.92 Å². The number of hydrogen-bond donors (Lipinski definition) is 2. The van der Waals surface area contributed by atoms with Gasteiger partial charge in [-0.25, -0.2) is 0 Å². The van der Waals surface area contributed by atoms with Crippen molar-refractivity contribution in [2.45, 2.75) is 38.7 Å². The molecule has 1 aromatic heterocycles. The van der Waals surface area contributed by atoms with Crippen molar-refractivity contribution in [1.82, 2.24) is 10.2 Å². The monoisotopic (exact) mass is 294 g/mol. The first-order valence-corrected chi connectivity index (χ1v) is 7.79. The van der Waals surface area contributed by atoms with E-state index in [1.54, 1.807) is 19.1 Å². The molecule has 1 unspecified atom stereocenters. The second-order valence-electron chi connectivity index (χ2n) is 6.08. The molecule has 5 nitrogen and oxygen atoms in total. The molecule has 1 saturated heterocycles. The van der Waals surface area contributed by atoms with Crippen LogP contribution in [-0.2, 0) is 10.4 Å². The third kappa shape index (κ3) is 4.32. The normalized spacial score (nSPS) is 20.1. The fourth-order valence-electron chi connectivity index (χ4n) is 2.81. The summed E-state index contributed by atoms with van der Waals surface area (Å²) in [6.07, 6.45) is 4.47. The summed E-state index contributed by atoms with van der Waals surface area (Å²) >= 11 is 0. The highest BCUT2D eigenvalue weighted by atomic mass is 16.4. The van der Waals surface area contributed by atoms with Crippen molar-refractivity contribution >= 4 is 5.91 Å². The average molecular weight is 294 g/mol. The molecule has 1 aromatic rings. The van der Waals surface area contributed by atoms with Crippen LogP contribution in [0.2, 0.25) is 0 Å². The van der Waals surface area contributed by atoms with Gasteiger partial charge in [-0.1, -0.05) is 6.92 Å². The van der Waals surface area contributed by atoms with Crippen LogP contribution in [0, 0.1) is 5.92 Å². The van der Waals surface area contributed by atoms with Crippen LogP contribution in [0.15, 0.2) is 22.8 Å². The molecule has 1 aliphatic rings. The smallest absolute Gasteiger partial charge is 0.223 e. The van der Waals surface area contributed by atoms with Crippen LogP contribution in [0.1, 0.15) is 38.9 Å². The SMILES string of the molecule is CCCN1CCC(C(=O)NCC(C)(O)c2ccco2)CC1. The Bertz CT molecular complexity index is 434. The van der Waals surface area contributed by atoms with E-state index in [9.17, 15) is 9.90 Å². The summed E-state index contributed by atoms with van der Waals surface area (Å²) in [5.74, 6) is 0.573. The molecule has 0 saturated carbocycles. The summed E-state index contributed by atoms with van der Waals surface area (Å²) in [5.41, 5.74) is -1.16. The molecule has 0 bridgehead atoms. The summed E-state index contributed by atoms with van der Waals surface area (Å²) in [5, 5.41) is 13.2. The van der Waals surface area contributed by atoms with Crippen LogP contribution in [0.4, 0.5) is 0 Å². The Morgan fingerprint density at radius 2 is 2.24 bits per heavy atom. The molecular weight excluding hydrogens is 268 g/mol. The lowest BCUT2D eigenvalue weighted by Gasteiger charge is -2.31. The van der Waals surface area contributed by atoms with E-state index in [0.717, 1.165) is 38.9 Å². The zero-order valence-electron chi connectivity index (χ0n) is 13.0. The number of likely N-dealkylation sites (tertiary alicyclic amines) is 1. The molecule has 5 heteroatoms. The quantitative estimate of drug-likeness (QED) is 0.838. The lowest BCUT2D eigenvalue weighted by atomic mass is 9.95. The highest BCUT2D eigenvalue weighted by Crippen LogP contribution is 2.21. The summed E-state index contributed by atoms with van der Waals surface area (Å²) in [7, 11) is 0. The van der Waals surface area contributed by atoms with Gasteiger partial charge in [-0.3, -0.25) is 4.79 Å². The molecule has 0 aromatic carbocycles. The molecule has 1 amide bonds. The van der Waals surface area contributed by atoms with E-state index >= 15 is 0 Å². The number of nitrogens with one attached hydrogen (secondary N) is 1. The zero-order valence-corrected chi connectivity index (χ0v) is 13.0. The number of hydrogen-bond acceptors (Lipinski definition) is 4. The van der Waals surface area contributed by atoms with Crippen LogP contribution in [0.25, 0.3) is 0 Å². The number of amides is 1. The molecule has 0 spiro atoms. The first-order valence-electron chi connectivity index (χ1n) is 7.79. The minimum Gasteiger partial charge on any atom is -0.466 e. The number of piperidine rings is 1. The molecule has 2 heterocycles. The molecule has 118 valence electrons. The number of carbonyl (C=O) groups excluding carboxylic acids is 1. The van der Waals surface area contributed by atoms with Crippen molar-refractivity contribution < 1.29 is 14.3 Å². The number of carbonyl (C=O) groups is 1. The second-order valence-corrected chi connectivity index (χ2v) is 6.08. The van der Waals surface area contributed by atoms with Gasteiger partial charge < -0.3 is 19.7 Å². The lowest BCUT2D eigenvalue weighted by Crippen LogP contribution is -2.44.